The van der Waals surface area contributed by atoms with Crippen molar-refractivity contribution in [1.29, 1.82) is 0 Å². The molecule has 0 heterocycles. The molecule has 0 aliphatic carbocycles. The molecule has 0 fully saturated rings. The number of carbonyl (C=O) groups is 1. The third-order valence-electron chi connectivity index (χ3n) is 3.25. The fraction of sp³-hybridized carbons (Fsp3) is 0.500. The quantitative estimate of drug-likeness (QED) is 0.409. The molecule has 1 aromatic carbocycles. The molecule has 21 heavy (non-hydrogen) atoms. The average molecular weight is 295 g/mol. The number of ether oxygens (including phenoxy) is 1. The van der Waals surface area contributed by atoms with Crippen molar-refractivity contribution in [3.63, 3.8) is 0 Å². The minimum absolute atomic E-state index is 0.0239. The van der Waals surface area contributed by atoms with E-state index in [1.807, 2.05) is 6.92 Å². The van der Waals surface area contributed by atoms with E-state index in [9.17, 15) is 14.9 Å². The second kappa shape index (κ2) is 7.58. The topological polar surface area (TPSA) is 107 Å². The Kier molecular flexibility index (Phi) is 6.10. The number of amides is 1. The summed E-state index contributed by atoms with van der Waals surface area (Å²) in [4.78, 5) is 21.5. The van der Waals surface area contributed by atoms with E-state index >= 15 is 0 Å². The van der Waals surface area contributed by atoms with Crippen molar-refractivity contribution < 1.29 is 14.5 Å². The van der Waals surface area contributed by atoms with E-state index in [0.717, 1.165) is 0 Å². The average Bonchev–Trinajstić information content (AvgIpc) is 2.44. The number of nitrogens with zero attached hydrogens (tertiary/aromatic N) is 1. The standard InChI is InChI=1S/C14H21N3O4/c1-3-16-14(2,13(15)18)9-4-10-21-12-7-5-11(6-8-12)17(19)20/h5-8,16H,3-4,9-10H2,1-2H3,(H2,15,18). The maximum Gasteiger partial charge on any atom is 0.269 e. The van der Waals surface area contributed by atoms with E-state index in [1.54, 1.807) is 19.1 Å². The van der Waals surface area contributed by atoms with Crippen LogP contribution < -0.4 is 15.8 Å². The van der Waals surface area contributed by atoms with E-state index in [4.69, 9.17) is 10.5 Å². The van der Waals surface area contributed by atoms with Crippen LogP contribution in [0.5, 0.6) is 5.75 Å². The second-order valence-corrected chi connectivity index (χ2v) is 4.93. The highest BCUT2D eigenvalue weighted by Gasteiger charge is 2.29. The van der Waals surface area contributed by atoms with Crippen LogP contribution in [-0.2, 0) is 4.79 Å². The number of carbonyl (C=O) groups excluding carboxylic acids is 1. The number of non-ortho nitro benzene ring substituents is 1. The summed E-state index contributed by atoms with van der Waals surface area (Å²) in [6.45, 7) is 4.74. The van der Waals surface area contributed by atoms with Gasteiger partial charge in [-0.3, -0.25) is 14.9 Å². The SMILES string of the molecule is CCNC(C)(CCCOc1ccc([N+](=O)[O-])cc1)C(N)=O. The Balaban J connectivity index is 2.42. The van der Waals surface area contributed by atoms with Gasteiger partial charge >= 0.3 is 0 Å². The van der Waals surface area contributed by atoms with E-state index in [-0.39, 0.29) is 11.6 Å². The lowest BCUT2D eigenvalue weighted by Gasteiger charge is -2.26. The predicted molar refractivity (Wildman–Crippen MR) is 79.1 cm³/mol. The van der Waals surface area contributed by atoms with Crippen LogP contribution in [0.25, 0.3) is 0 Å². The highest BCUT2D eigenvalue weighted by Crippen LogP contribution is 2.18. The molecule has 3 N–H and O–H groups in total. The molecule has 1 amide bonds. The Hall–Kier alpha value is -2.15. The highest BCUT2D eigenvalue weighted by molar-refractivity contribution is 5.84. The number of benzene rings is 1. The predicted octanol–water partition coefficient (Wildman–Crippen LogP) is 1.61. The van der Waals surface area contributed by atoms with Gasteiger partial charge in [0.1, 0.15) is 5.75 Å². The van der Waals surface area contributed by atoms with E-state index in [2.05, 4.69) is 5.32 Å². The molecule has 7 nitrogen and oxygen atoms in total. The molecule has 0 radical (unpaired) electrons. The zero-order valence-electron chi connectivity index (χ0n) is 12.3. The lowest BCUT2D eigenvalue weighted by Crippen LogP contribution is -2.53. The lowest BCUT2D eigenvalue weighted by molar-refractivity contribution is -0.384. The first kappa shape index (κ1) is 16.9. The number of nitro benzene ring substituents is 1. The molecule has 1 atom stereocenters. The normalized spacial score (nSPS) is 13.4. The molecule has 7 heteroatoms. The first-order valence-electron chi connectivity index (χ1n) is 6.81. The number of nitro groups is 1. The minimum Gasteiger partial charge on any atom is -0.494 e. The molecule has 0 bridgehead atoms. The van der Waals surface area contributed by atoms with Crippen LogP contribution in [0.3, 0.4) is 0 Å². The minimum atomic E-state index is -0.742. The fourth-order valence-corrected chi connectivity index (χ4v) is 1.97. The van der Waals surface area contributed by atoms with E-state index < -0.39 is 10.5 Å². The van der Waals surface area contributed by atoms with Crippen LogP contribution in [0.2, 0.25) is 0 Å². The summed E-state index contributed by atoms with van der Waals surface area (Å²) in [5.74, 6) is 0.171. The van der Waals surface area contributed by atoms with Crippen molar-refractivity contribution in [2.75, 3.05) is 13.2 Å². The summed E-state index contributed by atoms with van der Waals surface area (Å²) in [6, 6.07) is 5.88. The number of nitrogens with two attached hydrogens (primary N) is 1. The van der Waals surface area contributed by atoms with Gasteiger partial charge < -0.3 is 15.8 Å². The Morgan fingerprint density at radius 2 is 2.05 bits per heavy atom. The van der Waals surface area contributed by atoms with Gasteiger partial charge in [-0.05, 0) is 38.4 Å². The molecule has 1 unspecified atom stereocenters. The second-order valence-electron chi connectivity index (χ2n) is 4.93. The van der Waals surface area contributed by atoms with Gasteiger partial charge in [0, 0.05) is 12.1 Å². The first-order valence-corrected chi connectivity index (χ1v) is 6.81. The molecule has 1 rings (SSSR count). The van der Waals surface area contributed by atoms with Gasteiger partial charge in [0.2, 0.25) is 5.91 Å². The number of likely N-dealkylation sites (N-methyl/N-ethyl adjacent to an activating group) is 1. The molecule has 0 spiro atoms. The van der Waals surface area contributed by atoms with Crippen molar-refractivity contribution >= 4 is 11.6 Å². The number of nitrogens with one attached hydrogen (secondary N) is 1. The van der Waals surface area contributed by atoms with Crippen LogP contribution in [0.15, 0.2) is 24.3 Å². The van der Waals surface area contributed by atoms with Crippen molar-refractivity contribution in [2.45, 2.75) is 32.2 Å². The summed E-state index contributed by atoms with van der Waals surface area (Å²) in [5.41, 5.74) is 4.67. The molecule has 1 aromatic rings. The van der Waals surface area contributed by atoms with Gasteiger partial charge in [-0.15, -0.1) is 0 Å². The van der Waals surface area contributed by atoms with Crippen molar-refractivity contribution in [3.05, 3.63) is 34.4 Å². The largest absolute Gasteiger partial charge is 0.494 e. The Bertz CT molecular complexity index is 489. The molecule has 0 aliphatic heterocycles. The van der Waals surface area contributed by atoms with Gasteiger partial charge in [-0.25, -0.2) is 0 Å². The van der Waals surface area contributed by atoms with Gasteiger partial charge in [-0.1, -0.05) is 6.92 Å². The maximum atomic E-state index is 11.4. The Morgan fingerprint density at radius 1 is 1.43 bits per heavy atom. The van der Waals surface area contributed by atoms with Crippen LogP contribution in [-0.4, -0.2) is 29.5 Å². The van der Waals surface area contributed by atoms with Gasteiger partial charge in [0.25, 0.3) is 5.69 Å². The van der Waals surface area contributed by atoms with Crippen LogP contribution in [0.4, 0.5) is 5.69 Å². The number of rotatable bonds is 9. The molecule has 0 aromatic heterocycles. The number of hydrogen-bond acceptors (Lipinski definition) is 5. The molecular weight excluding hydrogens is 274 g/mol. The van der Waals surface area contributed by atoms with Crippen LogP contribution in [0, 0.1) is 10.1 Å². The number of hydrogen-bond donors (Lipinski definition) is 2. The summed E-state index contributed by atoms with van der Waals surface area (Å²) >= 11 is 0. The molecule has 0 aliphatic rings. The molecule has 0 saturated heterocycles. The van der Waals surface area contributed by atoms with Gasteiger partial charge in [-0.2, -0.15) is 0 Å². The third kappa shape index (κ3) is 5.03. The fourth-order valence-electron chi connectivity index (χ4n) is 1.97. The lowest BCUT2D eigenvalue weighted by atomic mass is 9.95. The van der Waals surface area contributed by atoms with Crippen molar-refractivity contribution in [3.8, 4) is 5.75 Å². The van der Waals surface area contributed by atoms with E-state index in [1.165, 1.54) is 12.1 Å². The summed E-state index contributed by atoms with van der Waals surface area (Å²) in [5, 5.41) is 13.6. The van der Waals surface area contributed by atoms with Gasteiger partial charge in [0.05, 0.1) is 17.1 Å². The van der Waals surface area contributed by atoms with Gasteiger partial charge in [0.15, 0.2) is 0 Å². The summed E-state index contributed by atoms with van der Waals surface area (Å²) in [7, 11) is 0. The molecule has 0 saturated carbocycles. The molecule has 116 valence electrons. The zero-order chi connectivity index (χ0) is 15.9. The monoisotopic (exact) mass is 295 g/mol. The van der Waals surface area contributed by atoms with E-state index in [0.29, 0.717) is 31.7 Å². The maximum absolute atomic E-state index is 11.4. The Morgan fingerprint density at radius 3 is 2.52 bits per heavy atom. The number of primary amides is 1. The summed E-state index contributed by atoms with van der Waals surface area (Å²) in [6.07, 6.45) is 1.20. The summed E-state index contributed by atoms with van der Waals surface area (Å²) < 4.78 is 5.49. The smallest absolute Gasteiger partial charge is 0.269 e. The van der Waals surface area contributed by atoms with Crippen LogP contribution >= 0.6 is 0 Å². The zero-order valence-corrected chi connectivity index (χ0v) is 12.3. The van der Waals surface area contributed by atoms with Crippen LogP contribution in [0.1, 0.15) is 26.7 Å². The third-order valence-corrected chi connectivity index (χ3v) is 3.25. The Labute approximate surface area is 123 Å². The van der Waals surface area contributed by atoms with Crippen molar-refractivity contribution in [2.24, 2.45) is 5.73 Å². The molecular formula is C14H21N3O4. The first-order chi connectivity index (χ1) is 9.89. The highest BCUT2D eigenvalue weighted by atomic mass is 16.6. The van der Waals surface area contributed by atoms with Crippen molar-refractivity contribution in [1.82, 2.24) is 5.32 Å².